The molecule has 30 heavy (non-hydrogen) atoms. The first-order valence-corrected chi connectivity index (χ1v) is 10.6. The van der Waals surface area contributed by atoms with Crippen molar-refractivity contribution in [3.63, 3.8) is 0 Å². The molecule has 0 radical (unpaired) electrons. The molecule has 5 rings (SSSR count). The number of H-pyrrole nitrogens is 1. The third kappa shape index (κ3) is 3.57. The van der Waals surface area contributed by atoms with Crippen LogP contribution in [0.1, 0.15) is 34.9 Å². The Balaban J connectivity index is 1.27. The molecule has 1 saturated heterocycles. The number of piperidine rings is 1. The van der Waals surface area contributed by atoms with Gasteiger partial charge in [0.1, 0.15) is 5.82 Å². The summed E-state index contributed by atoms with van der Waals surface area (Å²) in [4.78, 5) is 23.0. The Hall–Kier alpha value is -2.83. The summed E-state index contributed by atoms with van der Waals surface area (Å²) in [7, 11) is 0. The normalized spacial score (nSPS) is 15.1. The first-order valence-electron chi connectivity index (χ1n) is 9.82. The number of hydrogen-bond donors (Lipinski definition) is 1. The quantitative estimate of drug-likeness (QED) is 0.484. The van der Waals surface area contributed by atoms with Gasteiger partial charge >= 0.3 is 0 Å². The van der Waals surface area contributed by atoms with Crippen molar-refractivity contribution in [3.8, 4) is 5.69 Å². The fourth-order valence-corrected chi connectivity index (χ4v) is 4.43. The summed E-state index contributed by atoms with van der Waals surface area (Å²) >= 11 is 12.2. The first kappa shape index (κ1) is 19.2. The van der Waals surface area contributed by atoms with Gasteiger partial charge in [0, 0.05) is 30.2 Å². The lowest BCUT2D eigenvalue weighted by atomic mass is 9.96. The van der Waals surface area contributed by atoms with Crippen molar-refractivity contribution in [1.82, 2.24) is 24.6 Å². The van der Waals surface area contributed by atoms with E-state index in [1.807, 2.05) is 29.2 Å². The molecule has 8 heteroatoms. The van der Waals surface area contributed by atoms with E-state index in [4.69, 9.17) is 28.2 Å². The average Bonchev–Trinajstić information content (AvgIpc) is 3.41. The van der Waals surface area contributed by atoms with Crippen LogP contribution in [0.4, 0.5) is 0 Å². The molecule has 2 aromatic carbocycles. The topological polar surface area (TPSA) is 66.8 Å². The minimum atomic E-state index is -0.0191. The van der Waals surface area contributed by atoms with Gasteiger partial charge in [0.2, 0.25) is 0 Å². The molecule has 1 amide bonds. The summed E-state index contributed by atoms with van der Waals surface area (Å²) in [6.07, 6.45) is 5.05. The molecule has 1 aliphatic rings. The van der Waals surface area contributed by atoms with Gasteiger partial charge in [0.25, 0.3) is 5.91 Å². The van der Waals surface area contributed by atoms with E-state index in [0.717, 1.165) is 29.7 Å². The summed E-state index contributed by atoms with van der Waals surface area (Å²) in [5.74, 6) is 1.32. The smallest absolute Gasteiger partial charge is 0.257 e. The van der Waals surface area contributed by atoms with Crippen molar-refractivity contribution >= 4 is 40.1 Å². The van der Waals surface area contributed by atoms with Gasteiger partial charge in [-0.3, -0.25) is 4.79 Å². The van der Waals surface area contributed by atoms with Gasteiger partial charge in [-0.1, -0.05) is 35.3 Å². The van der Waals surface area contributed by atoms with Gasteiger partial charge in [0.15, 0.2) is 0 Å². The summed E-state index contributed by atoms with van der Waals surface area (Å²) in [6.45, 7) is 1.38. The Labute approximate surface area is 183 Å². The molecule has 0 spiro atoms. The van der Waals surface area contributed by atoms with Gasteiger partial charge in [-0.05, 0) is 43.2 Å². The number of likely N-dealkylation sites (tertiary alicyclic amines) is 1. The van der Waals surface area contributed by atoms with Gasteiger partial charge in [-0.15, -0.1) is 0 Å². The number of hydrogen-bond acceptors (Lipinski definition) is 3. The SMILES string of the molecule is O=C(c1cnn(-c2ccc(Cl)cc2Cl)c1)N1CCC(c2nc3ccccc3[nH]2)CC1. The van der Waals surface area contributed by atoms with Crippen molar-refractivity contribution in [2.45, 2.75) is 18.8 Å². The van der Waals surface area contributed by atoms with Crippen molar-refractivity contribution in [3.05, 3.63) is 76.3 Å². The summed E-state index contributed by atoms with van der Waals surface area (Å²) in [5.41, 5.74) is 3.27. The highest BCUT2D eigenvalue weighted by atomic mass is 35.5. The summed E-state index contributed by atoms with van der Waals surface area (Å²) in [6, 6.07) is 13.2. The minimum absolute atomic E-state index is 0.0191. The van der Waals surface area contributed by atoms with Crippen LogP contribution in [0.15, 0.2) is 54.9 Å². The molecule has 3 heterocycles. The average molecular weight is 440 g/mol. The number of carbonyl (C=O) groups is 1. The van der Waals surface area contributed by atoms with Crippen LogP contribution in [-0.2, 0) is 0 Å². The Bertz CT molecular complexity index is 1190. The second-order valence-electron chi connectivity index (χ2n) is 7.47. The number of carbonyl (C=O) groups excluding carboxylic acids is 1. The van der Waals surface area contributed by atoms with Crippen LogP contribution in [0.2, 0.25) is 10.0 Å². The molecule has 6 nitrogen and oxygen atoms in total. The number of rotatable bonds is 3. The molecule has 1 fully saturated rings. The number of benzene rings is 2. The van der Waals surface area contributed by atoms with Crippen LogP contribution in [0.25, 0.3) is 16.7 Å². The van der Waals surface area contributed by atoms with E-state index in [0.29, 0.717) is 40.3 Å². The van der Waals surface area contributed by atoms with Gasteiger partial charge in [0.05, 0.1) is 33.5 Å². The standard InChI is InChI=1S/C22H19Cl2N5O/c23-16-5-6-20(17(24)11-16)29-13-15(12-25-29)22(30)28-9-7-14(8-10-28)21-26-18-3-1-2-4-19(18)27-21/h1-6,11-14H,7-10H2,(H,26,27). The lowest BCUT2D eigenvalue weighted by molar-refractivity contribution is 0.0711. The molecule has 0 aliphatic carbocycles. The monoisotopic (exact) mass is 439 g/mol. The van der Waals surface area contributed by atoms with Crippen molar-refractivity contribution in [1.29, 1.82) is 0 Å². The molecule has 1 aliphatic heterocycles. The molecule has 152 valence electrons. The lowest BCUT2D eigenvalue weighted by Crippen LogP contribution is -2.38. The third-order valence-corrected chi connectivity index (χ3v) is 6.10. The molecular formula is C22H19Cl2N5O. The van der Waals surface area contributed by atoms with Crippen LogP contribution < -0.4 is 0 Å². The van der Waals surface area contributed by atoms with Crippen molar-refractivity contribution < 1.29 is 4.79 Å². The summed E-state index contributed by atoms with van der Waals surface area (Å²) in [5, 5.41) is 5.34. The van der Waals surface area contributed by atoms with E-state index in [2.05, 4.69) is 10.1 Å². The van der Waals surface area contributed by atoms with Crippen LogP contribution in [0, 0.1) is 0 Å². The Kier molecular flexibility index (Phi) is 4.97. The Morgan fingerprint density at radius 2 is 1.90 bits per heavy atom. The van der Waals surface area contributed by atoms with Crippen LogP contribution in [-0.4, -0.2) is 43.6 Å². The molecular weight excluding hydrogens is 421 g/mol. The second kappa shape index (κ2) is 7.78. The zero-order chi connectivity index (χ0) is 20.7. The number of halogens is 2. The first-order chi connectivity index (χ1) is 14.6. The largest absolute Gasteiger partial charge is 0.342 e. The van der Waals surface area contributed by atoms with Crippen LogP contribution in [0.3, 0.4) is 0 Å². The van der Waals surface area contributed by atoms with E-state index in [9.17, 15) is 4.79 Å². The molecule has 2 aromatic heterocycles. The number of nitrogens with one attached hydrogen (secondary N) is 1. The maximum absolute atomic E-state index is 13.0. The Morgan fingerprint density at radius 1 is 1.10 bits per heavy atom. The number of imidazole rings is 1. The Morgan fingerprint density at radius 3 is 2.67 bits per heavy atom. The highest BCUT2D eigenvalue weighted by molar-refractivity contribution is 6.35. The van der Waals surface area contributed by atoms with Crippen LogP contribution in [0.5, 0.6) is 0 Å². The summed E-state index contributed by atoms with van der Waals surface area (Å²) < 4.78 is 1.60. The highest BCUT2D eigenvalue weighted by Crippen LogP contribution is 2.29. The molecule has 4 aromatic rings. The zero-order valence-corrected chi connectivity index (χ0v) is 17.6. The van der Waals surface area contributed by atoms with E-state index < -0.39 is 0 Å². The maximum Gasteiger partial charge on any atom is 0.257 e. The number of aromatic nitrogens is 4. The molecule has 0 atom stereocenters. The number of aromatic amines is 1. The number of amides is 1. The van der Waals surface area contributed by atoms with Gasteiger partial charge in [-0.25, -0.2) is 9.67 Å². The minimum Gasteiger partial charge on any atom is -0.342 e. The fourth-order valence-electron chi connectivity index (χ4n) is 3.94. The van der Waals surface area contributed by atoms with E-state index in [-0.39, 0.29) is 5.91 Å². The lowest BCUT2D eigenvalue weighted by Gasteiger charge is -2.30. The van der Waals surface area contributed by atoms with E-state index >= 15 is 0 Å². The fraction of sp³-hybridized carbons (Fsp3) is 0.227. The van der Waals surface area contributed by atoms with Gasteiger partial charge < -0.3 is 9.88 Å². The van der Waals surface area contributed by atoms with Crippen molar-refractivity contribution in [2.75, 3.05) is 13.1 Å². The molecule has 0 bridgehead atoms. The number of para-hydroxylation sites is 2. The van der Waals surface area contributed by atoms with Crippen LogP contribution >= 0.6 is 23.2 Å². The van der Waals surface area contributed by atoms with E-state index in [1.165, 1.54) is 0 Å². The number of fused-ring (bicyclic) bond motifs is 1. The third-order valence-electron chi connectivity index (χ3n) is 5.56. The predicted molar refractivity (Wildman–Crippen MR) is 118 cm³/mol. The number of nitrogens with zero attached hydrogens (tertiary/aromatic N) is 4. The van der Waals surface area contributed by atoms with E-state index in [1.54, 1.807) is 35.3 Å². The van der Waals surface area contributed by atoms with Crippen molar-refractivity contribution in [2.24, 2.45) is 0 Å². The molecule has 1 N–H and O–H groups in total. The molecule has 0 saturated carbocycles. The van der Waals surface area contributed by atoms with Gasteiger partial charge in [-0.2, -0.15) is 5.10 Å². The maximum atomic E-state index is 13.0. The highest BCUT2D eigenvalue weighted by Gasteiger charge is 2.27. The predicted octanol–water partition coefficient (Wildman–Crippen LogP) is 5.08. The molecule has 0 unspecified atom stereocenters. The zero-order valence-electron chi connectivity index (χ0n) is 16.1. The second-order valence-corrected chi connectivity index (χ2v) is 8.32.